The molecule has 1 N–H and O–H groups in total. The molecule has 0 aromatic heterocycles. The van der Waals surface area contributed by atoms with Crippen LogP contribution in [0, 0.1) is 11.6 Å². The van der Waals surface area contributed by atoms with Crippen LogP contribution in [0.5, 0.6) is 0 Å². The molecule has 1 aromatic rings. The molecule has 8 heteroatoms. The fourth-order valence-electron chi connectivity index (χ4n) is 2.28. The van der Waals surface area contributed by atoms with Crippen molar-refractivity contribution in [3.8, 4) is 0 Å². The van der Waals surface area contributed by atoms with Gasteiger partial charge in [0.25, 0.3) is 0 Å². The molecule has 2 atom stereocenters. The molecule has 0 saturated carbocycles. The monoisotopic (exact) mass is 318 g/mol. The van der Waals surface area contributed by atoms with E-state index in [2.05, 4.69) is 11.3 Å². The van der Waals surface area contributed by atoms with Gasteiger partial charge in [0.2, 0.25) is 10.0 Å². The molecule has 21 heavy (non-hydrogen) atoms. The summed E-state index contributed by atoms with van der Waals surface area (Å²) in [5, 5.41) is 0.189. The van der Waals surface area contributed by atoms with E-state index in [0.29, 0.717) is 0 Å². The quantitative estimate of drug-likeness (QED) is 0.833. The molecule has 1 heterocycles. The lowest BCUT2D eigenvalue weighted by Gasteiger charge is -2.23. The summed E-state index contributed by atoms with van der Waals surface area (Å²) < 4.78 is 54.1. The number of sulfonamides is 1. The Morgan fingerprint density at radius 2 is 2.24 bits per heavy atom. The first-order valence-electron chi connectivity index (χ1n) is 6.27. The number of nitrogens with zero attached hydrogens (tertiary/aromatic N) is 1. The largest absolute Gasteiger partial charge is 0.297 e. The van der Waals surface area contributed by atoms with Crippen molar-refractivity contribution in [1.82, 2.24) is 9.79 Å². The molecule has 0 amide bonds. The average molecular weight is 318 g/mol. The Kier molecular flexibility index (Phi) is 4.72. The van der Waals surface area contributed by atoms with Gasteiger partial charge in [-0.2, -0.15) is 5.06 Å². The van der Waals surface area contributed by atoms with E-state index in [1.54, 1.807) is 0 Å². The van der Waals surface area contributed by atoms with Crippen LogP contribution in [-0.4, -0.2) is 38.9 Å². The van der Waals surface area contributed by atoms with Gasteiger partial charge in [-0.15, -0.1) is 6.58 Å². The number of hydrogen-bond donors (Lipinski definition) is 1. The molecule has 2 rings (SSSR count). The van der Waals surface area contributed by atoms with Crippen LogP contribution in [0.15, 0.2) is 30.9 Å². The Morgan fingerprint density at radius 3 is 2.90 bits per heavy atom. The van der Waals surface area contributed by atoms with Crippen LogP contribution >= 0.6 is 0 Å². The van der Waals surface area contributed by atoms with Gasteiger partial charge in [-0.1, -0.05) is 18.2 Å². The summed E-state index contributed by atoms with van der Waals surface area (Å²) in [6.45, 7) is 3.35. The zero-order chi connectivity index (χ0) is 15.6. The molecule has 1 aliphatic heterocycles. The third kappa shape index (κ3) is 3.13. The first-order chi connectivity index (χ1) is 9.88. The highest BCUT2D eigenvalue weighted by Crippen LogP contribution is 2.35. The summed E-state index contributed by atoms with van der Waals surface area (Å²) in [4.78, 5) is 5.19. The average Bonchev–Trinajstić information content (AvgIpc) is 2.82. The molecule has 5 nitrogen and oxygen atoms in total. The third-order valence-electron chi connectivity index (χ3n) is 3.31. The molecule has 0 aliphatic carbocycles. The number of hydrogen-bond acceptors (Lipinski definition) is 4. The smallest absolute Gasteiger partial charge is 0.219 e. The van der Waals surface area contributed by atoms with Gasteiger partial charge >= 0.3 is 0 Å². The lowest BCUT2D eigenvalue weighted by Crippen LogP contribution is -2.39. The summed E-state index contributed by atoms with van der Waals surface area (Å²) in [7, 11) is -2.27. The molecular weight excluding hydrogens is 302 g/mol. The fourth-order valence-corrected chi connectivity index (χ4v) is 3.74. The maximum Gasteiger partial charge on any atom is 0.219 e. The highest BCUT2D eigenvalue weighted by atomic mass is 32.2. The Balaban J connectivity index is 2.40. The highest BCUT2D eigenvalue weighted by molar-refractivity contribution is 7.90. The standard InChI is InChI=1S/C13H16F2N2O3S/c1-3-7-16-21(18,19)11-8-20-17(2)13(11)9-5-4-6-10(14)12(9)15/h3-6,11,13,16H,1,7-8H2,2H3. The van der Waals surface area contributed by atoms with Crippen LogP contribution in [0.25, 0.3) is 0 Å². The second kappa shape index (κ2) is 6.18. The summed E-state index contributed by atoms with van der Waals surface area (Å²) >= 11 is 0. The molecular formula is C13H16F2N2O3S. The van der Waals surface area contributed by atoms with Gasteiger partial charge < -0.3 is 0 Å². The zero-order valence-corrected chi connectivity index (χ0v) is 12.2. The van der Waals surface area contributed by atoms with Gasteiger partial charge in [-0.25, -0.2) is 21.9 Å². The van der Waals surface area contributed by atoms with Crippen molar-refractivity contribution in [1.29, 1.82) is 0 Å². The van der Waals surface area contributed by atoms with Crippen LogP contribution in [0.2, 0.25) is 0 Å². The van der Waals surface area contributed by atoms with E-state index in [0.717, 1.165) is 6.07 Å². The van der Waals surface area contributed by atoms with Gasteiger partial charge in [-0.05, 0) is 6.07 Å². The lowest BCUT2D eigenvalue weighted by molar-refractivity contribution is -0.111. The Bertz CT molecular complexity index is 636. The van der Waals surface area contributed by atoms with E-state index in [-0.39, 0.29) is 18.7 Å². The number of rotatable bonds is 5. The van der Waals surface area contributed by atoms with Crippen molar-refractivity contribution in [2.75, 3.05) is 20.2 Å². The van der Waals surface area contributed by atoms with Crippen molar-refractivity contribution >= 4 is 10.0 Å². The predicted octanol–water partition coefficient (Wildman–Crippen LogP) is 1.36. The molecule has 0 bridgehead atoms. The van der Waals surface area contributed by atoms with Crippen LogP contribution in [0.3, 0.4) is 0 Å². The second-order valence-corrected chi connectivity index (χ2v) is 6.63. The molecule has 1 fully saturated rings. The number of hydroxylamine groups is 2. The Labute approximate surface area is 122 Å². The van der Waals surface area contributed by atoms with E-state index in [1.165, 1.54) is 30.3 Å². The highest BCUT2D eigenvalue weighted by Gasteiger charge is 2.44. The Hall–Kier alpha value is -1.35. The number of halogens is 2. The molecule has 116 valence electrons. The van der Waals surface area contributed by atoms with Crippen molar-refractivity contribution in [2.24, 2.45) is 0 Å². The molecule has 0 spiro atoms. The molecule has 2 unspecified atom stereocenters. The van der Waals surface area contributed by atoms with Crippen LogP contribution in [-0.2, 0) is 14.9 Å². The maximum atomic E-state index is 14.0. The summed E-state index contributed by atoms with van der Waals surface area (Å²) in [5.41, 5.74) is -0.0519. The van der Waals surface area contributed by atoms with E-state index in [9.17, 15) is 17.2 Å². The van der Waals surface area contributed by atoms with Gasteiger partial charge in [0.05, 0.1) is 12.6 Å². The van der Waals surface area contributed by atoms with Gasteiger partial charge in [-0.3, -0.25) is 4.84 Å². The van der Waals surface area contributed by atoms with Crippen molar-refractivity contribution in [3.05, 3.63) is 48.1 Å². The number of nitrogens with one attached hydrogen (secondary N) is 1. The van der Waals surface area contributed by atoms with E-state index in [4.69, 9.17) is 4.84 Å². The summed E-state index contributed by atoms with van der Waals surface area (Å²) in [5.74, 6) is -2.09. The Morgan fingerprint density at radius 1 is 1.52 bits per heavy atom. The van der Waals surface area contributed by atoms with Crippen molar-refractivity contribution in [3.63, 3.8) is 0 Å². The first-order valence-corrected chi connectivity index (χ1v) is 7.82. The minimum atomic E-state index is -3.76. The minimum Gasteiger partial charge on any atom is -0.297 e. The molecule has 1 aromatic carbocycles. The van der Waals surface area contributed by atoms with Crippen molar-refractivity contribution in [2.45, 2.75) is 11.3 Å². The van der Waals surface area contributed by atoms with E-state index in [1.807, 2.05) is 0 Å². The van der Waals surface area contributed by atoms with Crippen LogP contribution < -0.4 is 4.72 Å². The summed E-state index contributed by atoms with van der Waals surface area (Å²) in [6, 6.07) is 2.74. The van der Waals surface area contributed by atoms with Gasteiger partial charge in [0.1, 0.15) is 5.25 Å². The van der Waals surface area contributed by atoms with Crippen LogP contribution in [0.4, 0.5) is 8.78 Å². The topological polar surface area (TPSA) is 58.6 Å². The molecule has 0 radical (unpaired) electrons. The van der Waals surface area contributed by atoms with E-state index < -0.39 is 32.9 Å². The number of benzene rings is 1. The molecule has 1 saturated heterocycles. The van der Waals surface area contributed by atoms with Crippen molar-refractivity contribution < 1.29 is 22.0 Å². The first kappa shape index (κ1) is 16.0. The zero-order valence-electron chi connectivity index (χ0n) is 11.4. The normalized spacial score (nSPS) is 23.4. The predicted molar refractivity (Wildman–Crippen MR) is 73.7 cm³/mol. The molecule has 1 aliphatic rings. The summed E-state index contributed by atoms with van der Waals surface area (Å²) in [6.07, 6.45) is 1.40. The second-order valence-electron chi connectivity index (χ2n) is 4.65. The van der Waals surface area contributed by atoms with Crippen LogP contribution in [0.1, 0.15) is 11.6 Å². The third-order valence-corrected chi connectivity index (χ3v) is 5.07. The fraction of sp³-hybridized carbons (Fsp3) is 0.385. The lowest BCUT2D eigenvalue weighted by atomic mass is 10.0. The maximum absolute atomic E-state index is 14.0. The van der Waals surface area contributed by atoms with Gasteiger partial charge in [0.15, 0.2) is 11.6 Å². The van der Waals surface area contributed by atoms with Gasteiger partial charge in [0, 0.05) is 19.2 Å². The SMILES string of the molecule is C=CCNS(=O)(=O)C1CON(C)C1c1cccc(F)c1F. The van der Waals surface area contributed by atoms with E-state index >= 15 is 0 Å². The minimum absolute atomic E-state index is 0.0519.